The molecule has 0 saturated carbocycles. The van der Waals surface area contributed by atoms with E-state index < -0.39 is 24.4 Å². The fourth-order valence-corrected chi connectivity index (χ4v) is 2.63. The Kier molecular flexibility index (Phi) is 11.1. The number of urea groups is 1. The summed E-state index contributed by atoms with van der Waals surface area (Å²) in [5.74, 6) is -0.840. The van der Waals surface area contributed by atoms with Gasteiger partial charge in [0.25, 0.3) is 0 Å². The summed E-state index contributed by atoms with van der Waals surface area (Å²) in [7, 11) is 0. The molecule has 0 aromatic carbocycles. The molecule has 0 aliphatic carbocycles. The van der Waals surface area contributed by atoms with E-state index in [9.17, 15) is 14.4 Å². The van der Waals surface area contributed by atoms with Crippen molar-refractivity contribution in [1.29, 1.82) is 0 Å². The van der Waals surface area contributed by atoms with Gasteiger partial charge in [0, 0.05) is 37.1 Å². The second-order valence-corrected chi connectivity index (χ2v) is 7.15. The molecule has 2 amide bonds. The summed E-state index contributed by atoms with van der Waals surface area (Å²) in [6.07, 6.45) is 0.274. The summed E-state index contributed by atoms with van der Waals surface area (Å²) in [6.45, 7) is 16.1. The normalized spacial score (nSPS) is 15.7. The van der Waals surface area contributed by atoms with Gasteiger partial charge in [0.15, 0.2) is 0 Å². The van der Waals surface area contributed by atoms with Crippen LogP contribution in [0.3, 0.4) is 0 Å². The SMILES string of the molecule is C=C(C)C(=O)OCCCOC(C)N1CCN(C(C)OCCCOC(=O)C(=C)C)C1=O. The van der Waals surface area contributed by atoms with E-state index >= 15 is 0 Å². The molecule has 1 fully saturated rings. The first kappa shape index (κ1) is 25.6. The van der Waals surface area contributed by atoms with Crippen LogP contribution in [-0.4, -0.2) is 79.7 Å². The van der Waals surface area contributed by atoms with E-state index in [1.54, 1.807) is 23.6 Å². The number of amides is 2. The van der Waals surface area contributed by atoms with E-state index in [0.29, 0.717) is 50.3 Å². The number of hydrogen-bond donors (Lipinski definition) is 0. The summed E-state index contributed by atoms with van der Waals surface area (Å²) in [5.41, 5.74) is 0.715. The maximum atomic E-state index is 12.6. The van der Waals surface area contributed by atoms with Gasteiger partial charge < -0.3 is 18.9 Å². The van der Waals surface area contributed by atoms with E-state index in [1.165, 1.54) is 0 Å². The number of hydrogen-bond acceptors (Lipinski definition) is 7. The van der Waals surface area contributed by atoms with E-state index in [4.69, 9.17) is 18.9 Å². The molecule has 1 aliphatic heterocycles. The Morgan fingerprint density at radius 1 is 0.833 bits per heavy atom. The van der Waals surface area contributed by atoms with Gasteiger partial charge >= 0.3 is 18.0 Å². The molecule has 1 heterocycles. The highest BCUT2D eigenvalue weighted by molar-refractivity contribution is 5.87. The first-order valence-corrected chi connectivity index (χ1v) is 10.1. The average Bonchev–Trinajstić information content (AvgIpc) is 3.08. The van der Waals surface area contributed by atoms with Gasteiger partial charge in [-0.25, -0.2) is 14.4 Å². The van der Waals surface area contributed by atoms with Crippen molar-refractivity contribution in [1.82, 2.24) is 9.80 Å². The Bertz CT molecular complexity index is 583. The van der Waals surface area contributed by atoms with Crippen LogP contribution in [0.2, 0.25) is 0 Å². The number of ether oxygens (including phenoxy) is 4. The second kappa shape index (κ2) is 13.0. The molecule has 30 heavy (non-hydrogen) atoms. The molecule has 9 nitrogen and oxygen atoms in total. The zero-order valence-corrected chi connectivity index (χ0v) is 18.5. The van der Waals surface area contributed by atoms with Crippen LogP contribution in [0.5, 0.6) is 0 Å². The van der Waals surface area contributed by atoms with Crippen LogP contribution in [-0.2, 0) is 28.5 Å². The molecule has 0 aromatic heterocycles. The summed E-state index contributed by atoms with van der Waals surface area (Å²) in [4.78, 5) is 38.5. The Morgan fingerprint density at radius 2 is 1.20 bits per heavy atom. The first-order valence-electron chi connectivity index (χ1n) is 10.1. The first-order chi connectivity index (χ1) is 14.1. The summed E-state index contributed by atoms with van der Waals surface area (Å²) < 4.78 is 21.4. The smallest absolute Gasteiger partial charge is 0.333 e. The summed E-state index contributed by atoms with van der Waals surface area (Å²) in [5, 5.41) is 0. The monoisotopic (exact) mass is 426 g/mol. The lowest BCUT2D eigenvalue weighted by atomic mass is 10.4. The zero-order chi connectivity index (χ0) is 22.7. The molecule has 0 N–H and O–H groups in total. The summed E-state index contributed by atoms with van der Waals surface area (Å²) >= 11 is 0. The van der Waals surface area contributed by atoms with Crippen LogP contribution in [0.1, 0.15) is 40.5 Å². The maximum Gasteiger partial charge on any atom is 0.333 e. The van der Waals surface area contributed by atoms with Crippen LogP contribution in [0, 0.1) is 0 Å². The van der Waals surface area contributed by atoms with Crippen molar-refractivity contribution < 1.29 is 33.3 Å². The van der Waals surface area contributed by atoms with Crippen molar-refractivity contribution in [3.63, 3.8) is 0 Å². The highest BCUT2D eigenvalue weighted by Crippen LogP contribution is 2.17. The van der Waals surface area contributed by atoms with Crippen LogP contribution >= 0.6 is 0 Å². The quantitative estimate of drug-likeness (QED) is 0.239. The topological polar surface area (TPSA) is 94.6 Å². The van der Waals surface area contributed by atoms with Crippen LogP contribution in [0.25, 0.3) is 0 Å². The van der Waals surface area contributed by atoms with Crippen molar-refractivity contribution in [2.24, 2.45) is 0 Å². The van der Waals surface area contributed by atoms with E-state index in [-0.39, 0.29) is 19.2 Å². The fourth-order valence-electron chi connectivity index (χ4n) is 2.63. The lowest BCUT2D eigenvalue weighted by molar-refractivity contribution is -0.140. The molecule has 0 radical (unpaired) electrons. The molecule has 2 unspecified atom stereocenters. The third-order valence-corrected chi connectivity index (χ3v) is 4.41. The van der Waals surface area contributed by atoms with Crippen molar-refractivity contribution >= 4 is 18.0 Å². The number of carbonyl (C=O) groups is 3. The third-order valence-electron chi connectivity index (χ3n) is 4.41. The standard InChI is InChI=1S/C21H34N2O7/c1-15(2)19(24)29-13-7-11-27-17(5)22-9-10-23(21(22)26)18(6)28-12-8-14-30-20(25)16(3)4/h17-18H,1,3,7-14H2,2,4-6H3. The van der Waals surface area contributed by atoms with Gasteiger partial charge in [-0.15, -0.1) is 0 Å². The predicted molar refractivity (Wildman–Crippen MR) is 110 cm³/mol. The molecule has 0 aromatic rings. The Labute approximate surface area is 178 Å². The predicted octanol–water partition coefficient (Wildman–Crippen LogP) is 2.47. The molecule has 0 spiro atoms. The van der Waals surface area contributed by atoms with Crippen molar-refractivity contribution in [3.8, 4) is 0 Å². The maximum absolute atomic E-state index is 12.6. The molecule has 0 bridgehead atoms. The molecular weight excluding hydrogens is 392 g/mol. The number of esters is 2. The molecule has 2 atom stereocenters. The van der Waals surface area contributed by atoms with Crippen molar-refractivity contribution in [2.45, 2.75) is 53.0 Å². The van der Waals surface area contributed by atoms with Gasteiger partial charge in [0.2, 0.25) is 0 Å². The Hall–Kier alpha value is -2.39. The molecule has 1 rings (SSSR count). The van der Waals surface area contributed by atoms with Crippen LogP contribution in [0.15, 0.2) is 24.3 Å². The van der Waals surface area contributed by atoms with Gasteiger partial charge in [0.05, 0.1) is 26.4 Å². The van der Waals surface area contributed by atoms with E-state index in [0.717, 1.165) is 0 Å². The second-order valence-electron chi connectivity index (χ2n) is 7.15. The number of rotatable bonds is 14. The van der Waals surface area contributed by atoms with Crippen LogP contribution in [0.4, 0.5) is 4.79 Å². The van der Waals surface area contributed by atoms with Gasteiger partial charge in [-0.1, -0.05) is 13.2 Å². The molecular formula is C21H34N2O7. The van der Waals surface area contributed by atoms with Gasteiger partial charge in [-0.2, -0.15) is 0 Å². The molecule has 170 valence electrons. The fraction of sp³-hybridized carbons (Fsp3) is 0.667. The summed E-state index contributed by atoms with van der Waals surface area (Å²) in [6, 6.07) is -0.155. The zero-order valence-electron chi connectivity index (χ0n) is 18.5. The minimum Gasteiger partial charge on any atom is -0.462 e. The highest BCUT2D eigenvalue weighted by atomic mass is 16.5. The lowest BCUT2D eigenvalue weighted by Gasteiger charge is -2.27. The van der Waals surface area contributed by atoms with Crippen molar-refractivity contribution in [2.75, 3.05) is 39.5 Å². The van der Waals surface area contributed by atoms with E-state index in [1.807, 2.05) is 13.8 Å². The highest BCUT2D eigenvalue weighted by Gasteiger charge is 2.35. The Balaban J connectivity index is 2.25. The number of carbonyl (C=O) groups excluding carboxylic acids is 3. The largest absolute Gasteiger partial charge is 0.462 e. The minimum atomic E-state index is -0.420. The van der Waals surface area contributed by atoms with Crippen molar-refractivity contribution in [3.05, 3.63) is 24.3 Å². The molecule has 1 saturated heterocycles. The Morgan fingerprint density at radius 3 is 1.53 bits per heavy atom. The van der Waals surface area contributed by atoms with E-state index in [2.05, 4.69) is 13.2 Å². The van der Waals surface area contributed by atoms with Gasteiger partial charge in [-0.3, -0.25) is 9.80 Å². The molecule has 9 heteroatoms. The number of nitrogens with zero attached hydrogens (tertiary/aromatic N) is 2. The van der Waals surface area contributed by atoms with Gasteiger partial charge in [-0.05, 0) is 27.7 Å². The lowest BCUT2D eigenvalue weighted by Crippen LogP contribution is -2.43. The average molecular weight is 427 g/mol. The minimum absolute atomic E-state index is 0.155. The third kappa shape index (κ3) is 8.54. The van der Waals surface area contributed by atoms with Gasteiger partial charge in [0.1, 0.15) is 12.5 Å². The molecule has 1 aliphatic rings. The van der Waals surface area contributed by atoms with Crippen LogP contribution < -0.4 is 0 Å².